The Labute approximate surface area is 148 Å². The fourth-order valence-corrected chi connectivity index (χ4v) is 2.42. The van der Waals surface area contributed by atoms with E-state index in [1.54, 1.807) is 0 Å². The van der Waals surface area contributed by atoms with Crippen molar-refractivity contribution in [3.63, 3.8) is 0 Å². The van der Waals surface area contributed by atoms with Gasteiger partial charge >= 0.3 is 0 Å². The van der Waals surface area contributed by atoms with Gasteiger partial charge in [0.15, 0.2) is 5.96 Å². The highest BCUT2D eigenvalue weighted by molar-refractivity contribution is 14.0. The van der Waals surface area contributed by atoms with E-state index in [2.05, 4.69) is 49.4 Å². The number of nitrogens with zero attached hydrogens (tertiary/aromatic N) is 3. The number of hydrogen-bond acceptors (Lipinski definition) is 4. The Bertz CT molecular complexity index is 594. The van der Waals surface area contributed by atoms with Gasteiger partial charge in [-0.25, -0.2) is 4.98 Å². The van der Waals surface area contributed by atoms with Crippen LogP contribution in [0.1, 0.15) is 17.8 Å². The van der Waals surface area contributed by atoms with Crippen LogP contribution < -0.4 is 10.6 Å². The zero-order valence-corrected chi connectivity index (χ0v) is 14.9. The fourth-order valence-electron chi connectivity index (χ4n) is 2.42. The second kappa shape index (κ2) is 8.77. The number of guanidine groups is 1. The zero-order chi connectivity index (χ0) is 14.3. The van der Waals surface area contributed by atoms with Crippen molar-refractivity contribution < 1.29 is 0 Å². The quantitative estimate of drug-likeness (QED) is 0.742. The zero-order valence-electron chi connectivity index (χ0n) is 12.5. The molecular weight excluding hydrogens is 389 g/mol. The maximum absolute atomic E-state index is 4.43. The number of nitrogens with one attached hydrogen (secondary N) is 2. The number of aromatic nitrogens is 2. The lowest BCUT2D eigenvalue weighted by Crippen LogP contribution is -2.40. The van der Waals surface area contributed by atoms with Gasteiger partial charge in [0.25, 0.3) is 0 Å². The van der Waals surface area contributed by atoms with Crippen LogP contribution in [0.25, 0.3) is 0 Å². The van der Waals surface area contributed by atoms with Crippen LogP contribution in [-0.2, 0) is 19.5 Å². The summed E-state index contributed by atoms with van der Waals surface area (Å²) < 4.78 is 2.20. The highest BCUT2D eigenvalue weighted by Gasteiger charge is 2.06. The molecule has 1 aliphatic heterocycles. The van der Waals surface area contributed by atoms with E-state index in [-0.39, 0.29) is 24.0 Å². The van der Waals surface area contributed by atoms with E-state index in [0.717, 1.165) is 44.3 Å². The third-order valence-corrected chi connectivity index (χ3v) is 3.60. The summed E-state index contributed by atoms with van der Waals surface area (Å²) in [6, 6.07) is 10.5. The van der Waals surface area contributed by atoms with E-state index in [9.17, 15) is 0 Å². The van der Waals surface area contributed by atoms with Crippen LogP contribution >= 0.6 is 24.0 Å². The first-order valence-corrected chi connectivity index (χ1v) is 7.48. The Morgan fingerprint density at radius 2 is 2.09 bits per heavy atom. The highest BCUT2D eigenvalue weighted by Crippen LogP contribution is 2.04. The molecule has 118 valence electrons. The average molecular weight is 411 g/mol. The Kier molecular flexibility index (Phi) is 6.70. The number of aryl methyl sites for hydroxylation is 2. The molecule has 2 heterocycles. The fraction of sp³-hybridized carbons (Fsp3) is 0.375. The van der Waals surface area contributed by atoms with Gasteiger partial charge in [0, 0.05) is 32.0 Å². The van der Waals surface area contributed by atoms with E-state index < -0.39 is 0 Å². The smallest absolute Gasteiger partial charge is 0.191 e. The second-order valence-electron chi connectivity index (χ2n) is 5.14. The van der Waals surface area contributed by atoms with E-state index in [0.29, 0.717) is 6.54 Å². The minimum absolute atomic E-state index is 0. The maximum atomic E-state index is 4.43. The molecule has 0 amide bonds. The molecule has 1 aromatic heterocycles. The van der Waals surface area contributed by atoms with Gasteiger partial charge in [-0.15, -0.1) is 24.0 Å². The molecular formula is C16H22IN5. The van der Waals surface area contributed by atoms with Gasteiger partial charge < -0.3 is 15.2 Å². The summed E-state index contributed by atoms with van der Waals surface area (Å²) in [5.74, 6) is 1.93. The normalized spacial score (nSPS) is 13.7. The molecule has 0 saturated carbocycles. The van der Waals surface area contributed by atoms with Gasteiger partial charge in [0.1, 0.15) is 5.82 Å². The summed E-state index contributed by atoms with van der Waals surface area (Å²) in [6.07, 6.45) is 6.02. The van der Waals surface area contributed by atoms with Gasteiger partial charge in [0.2, 0.25) is 0 Å². The predicted molar refractivity (Wildman–Crippen MR) is 99.5 cm³/mol. The molecule has 0 spiro atoms. The SMILES string of the molecule is I.c1ccc(CCn2ccnc2CNC2=NCCCN2)cc1. The number of halogens is 1. The molecule has 0 radical (unpaired) electrons. The second-order valence-corrected chi connectivity index (χ2v) is 5.14. The van der Waals surface area contributed by atoms with Crippen molar-refractivity contribution >= 4 is 29.9 Å². The first kappa shape index (κ1) is 16.8. The van der Waals surface area contributed by atoms with Crippen LogP contribution in [0.3, 0.4) is 0 Å². The van der Waals surface area contributed by atoms with E-state index in [4.69, 9.17) is 0 Å². The molecule has 1 aromatic carbocycles. The predicted octanol–water partition coefficient (Wildman–Crippen LogP) is 2.18. The minimum Gasteiger partial charge on any atom is -0.356 e. The van der Waals surface area contributed by atoms with Gasteiger partial charge in [-0.3, -0.25) is 4.99 Å². The number of aliphatic imine (C=N–C) groups is 1. The van der Waals surface area contributed by atoms with Crippen LogP contribution in [0.2, 0.25) is 0 Å². The average Bonchev–Trinajstić information content (AvgIpc) is 3.00. The van der Waals surface area contributed by atoms with Crippen LogP contribution in [0.5, 0.6) is 0 Å². The van der Waals surface area contributed by atoms with Crippen LogP contribution in [0.15, 0.2) is 47.7 Å². The summed E-state index contributed by atoms with van der Waals surface area (Å²) in [6.45, 7) is 3.54. The molecule has 6 heteroatoms. The van der Waals surface area contributed by atoms with Crippen molar-refractivity contribution in [1.29, 1.82) is 0 Å². The monoisotopic (exact) mass is 411 g/mol. The minimum atomic E-state index is 0. The van der Waals surface area contributed by atoms with Crippen molar-refractivity contribution in [2.24, 2.45) is 4.99 Å². The molecule has 0 saturated heterocycles. The first-order chi connectivity index (χ1) is 10.4. The van der Waals surface area contributed by atoms with Crippen LogP contribution in [0, 0.1) is 0 Å². The number of rotatable bonds is 5. The number of hydrogen-bond donors (Lipinski definition) is 2. The summed E-state index contributed by atoms with van der Waals surface area (Å²) in [5, 5.41) is 6.58. The van der Waals surface area contributed by atoms with Crippen LogP contribution in [0.4, 0.5) is 0 Å². The number of imidazole rings is 1. The van der Waals surface area contributed by atoms with Gasteiger partial charge in [-0.2, -0.15) is 0 Å². The standard InChI is InChI=1S/C16H21N5.HI/c1-2-5-14(6-3-1)7-11-21-12-10-17-15(21)13-20-16-18-8-4-9-19-16;/h1-3,5-6,10,12H,4,7-9,11,13H2,(H2,18,19,20);1H. The van der Waals surface area contributed by atoms with Crippen molar-refractivity contribution in [3.05, 3.63) is 54.1 Å². The Balaban J connectivity index is 0.00000176. The van der Waals surface area contributed by atoms with Gasteiger partial charge in [-0.05, 0) is 18.4 Å². The van der Waals surface area contributed by atoms with Crippen molar-refractivity contribution in [3.8, 4) is 0 Å². The summed E-state index contributed by atoms with van der Waals surface area (Å²) >= 11 is 0. The van der Waals surface area contributed by atoms with Gasteiger partial charge in [0.05, 0.1) is 6.54 Å². The molecule has 5 nitrogen and oxygen atoms in total. The van der Waals surface area contributed by atoms with Gasteiger partial charge in [-0.1, -0.05) is 30.3 Å². The van der Waals surface area contributed by atoms with E-state index in [1.807, 2.05) is 18.5 Å². The summed E-state index contributed by atoms with van der Waals surface area (Å²) in [4.78, 5) is 8.84. The lowest BCUT2D eigenvalue weighted by atomic mass is 10.1. The third-order valence-electron chi connectivity index (χ3n) is 3.60. The van der Waals surface area contributed by atoms with Crippen LogP contribution in [-0.4, -0.2) is 28.6 Å². The third kappa shape index (κ3) is 4.72. The largest absolute Gasteiger partial charge is 0.356 e. The van der Waals surface area contributed by atoms with E-state index in [1.165, 1.54) is 5.56 Å². The maximum Gasteiger partial charge on any atom is 0.191 e. The Hall–Kier alpha value is -1.57. The van der Waals surface area contributed by atoms with Crippen molar-refractivity contribution in [2.45, 2.75) is 25.9 Å². The van der Waals surface area contributed by atoms with E-state index >= 15 is 0 Å². The molecule has 0 fully saturated rings. The molecule has 0 atom stereocenters. The first-order valence-electron chi connectivity index (χ1n) is 7.48. The topological polar surface area (TPSA) is 54.2 Å². The highest BCUT2D eigenvalue weighted by atomic mass is 127. The Morgan fingerprint density at radius 1 is 1.23 bits per heavy atom. The lowest BCUT2D eigenvalue weighted by molar-refractivity contribution is 0.627. The van der Waals surface area contributed by atoms with Crippen molar-refractivity contribution in [2.75, 3.05) is 13.1 Å². The molecule has 0 aliphatic carbocycles. The summed E-state index contributed by atoms with van der Waals surface area (Å²) in [7, 11) is 0. The number of benzene rings is 1. The lowest BCUT2D eigenvalue weighted by Gasteiger charge is -2.16. The summed E-state index contributed by atoms with van der Waals surface area (Å²) in [5.41, 5.74) is 1.35. The molecule has 22 heavy (non-hydrogen) atoms. The Morgan fingerprint density at radius 3 is 2.86 bits per heavy atom. The van der Waals surface area contributed by atoms with Crippen molar-refractivity contribution in [1.82, 2.24) is 20.2 Å². The molecule has 2 aromatic rings. The molecule has 1 aliphatic rings. The molecule has 3 rings (SSSR count). The molecule has 2 N–H and O–H groups in total. The molecule has 0 bridgehead atoms. The molecule has 0 unspecified atom stereocenters.